The Balaban J connectivity index is 2.36. The van der Waals surface area contributed by atoms with E-state index in [0.717, 1.165) is 4.88 Å². The predicted octanol–water partition coefficient (Wildman–Crippen LogP) is 2.77. The molecule has 0 saturated heterocycles. The van der Waals surface area contributed by atoms with E-state index in [0.29, 0.717) is 15.2 Å². The molecule has 0 aromatic carbocycles. The van der Waals surface area contributed by atoms with E-state index in [-0.39, 0.29) is 6.54 Å². The molecule has 0 saturated carbocycles. The Morgan fingerprint density at radius 2 is 2.11 bits per heavy atom. The normalized spacial score (nSPS) is 12.1. The van der Waals surface area contributed by atoms with Crippen LogP contribution in [0, 0.1) is 6.92 Å². The Labute approximate surface area is 109 Å². The molecule has 0 aliphatic heterocycles. The van der Waals surface area contributed by atoms with Crippen LogP contribution in [0.1, 0.15) is 21.4 Å². The van der Waals surface area contributed by atoms with E-state index in [1.807, 2.05) is 0 Å². The molecule has 19 heavy (non-hydrogen) atoms. The van der Waals surface area contributed by atoms with Gasteiger partial charge < -0.3 is 5.73 Å². The molecule has 0 fully saturated rings. The molecule has 0 spiro atoms. The topological polar surface area (TPSA) is 56.7 Å². The quantitative estimate of drug-likeness (QED) is 0.886. The summed E-state index contributed by atoms with van der Waals surface area (Å²) in [6.07, 6.45) is -4.67. The van der Waals surface area contributed by atoms with E-state index in [2.05, 4.69) is 10.1 Å². The molecule has 2 aromatic heterocycles. The van der Waals surface area contributed by atoms with Gasteiger partial charge in [0.1, 0.15) is 0 Å². The van der Waals surface area contributed by atoms with Crippen molar-refractivity contribution >= 4 is 17.0 Å². The van der Waals surface area contributed by atoms with Gasteiger partial charge >= 0.3 is 6.18 Å². The van der Waals surface area contributed by atoms with Crippen LogP contribution in [-0.4, -0.2) is 14.8 Å². The minimum Gasteiger partial charge on any atom is -0.398 e. The van der Waals surface area contributed by atoms with Crippen molar-refractivity contribution in [1.29, 1.82) is 0 Å². The first-order valence-corrected chi connectivity index (χ1v) is 6.04. The summed E-state index contributed by atoms with van der Waals surface area (Å²) < 4.78 is 51.2. The molecule has 0 aliphatic carbocycles. The van der Waals surface area contributed by atoms with Gasteiger partial charge in [0.25, 0.3) is 0 Å². The maximum Gasteiger partial charge on any atom is 0.451 e. The summed E-state index contributed by atoms with van der Waals surface area (Å²) >= 11 is 1.27. The number of nitrogens with zero attached hydrogens (tertiary/aromatic N) is 3. The van der Waals surface area contributed by atoms with Crippen molar-refractivity contribution in [2.45, 2.75) is 26.3 Å². The number of aromatic nitrogens is 3. The molecule has 2 N–H and O–H groups in total. The van der Waals surface area contributed by atoms with Crippen molar-refractivity contribution < 1.29 is 17.6 Å². The van der Waals surface area contributed by atoms with E-state index in [1.54, 1.807) is 13.0 Å². The summed E-state index contributed by atoms with van der Waals surface area (Å²) in [6.45, 7) is 0.495. The zero-order chi connectivity index (χ0) is 14.2. The van der Waals surface area contributed by atoms with Crippen molar-refractivity contribution in [2.24, 2.45) is 0 Å². The fourth-order valence-corrected chi connectivity index (χ4v) is 2.49. The van der Waals surface area contributed by atoms with Crippen LogP contribution in [0.5, 0.6) is 0 Å². The van der Waals surface area contributed by atoms with E-state index >= 15 is 0 Å². The summed E-state index contributed by atoms with van der Waals surface area (Å²) in [5, 5.41) is 3.51. The summed E-state index contributed by atoms with van der Waals surface area (Å²) in [7, 11) is 0. The molecular weight excluding hydrogens is 284 g/mol. The monoisotopic (exact) mass is 294 g/mol. The van der Waals surface area contributed by atoms with Gasteiger partial charge in [0.05, 0.1) is 6.54 Å². The van der Waals surface area contributed by atoms with Gasteiger partial charge in [0.15, 0.2) is 12.5 Å². The van der Waals surface area contributed by atoms with Crippen LogP contribution in [0.15, 0.2) is 6.07 Å². The largest absolute Gasteiger partial charge is 0.451 e. The Morgan fingerprint density at radius 3 is 2.58 bits per heavy atom. The van der Waals surface area contributed by atoms with Gasteiger partial charge in [0, 0.05) is 15.4 Å². The van der Waals surface area contributed by atoms with E-state index in [4.69, 9.17) is 5.73 Å². The first kappa shape index (κ1) is 13.8. The highest BCUT2D eigenvalue weighted by Gasteiger charge is 2.38. The molecule has 0 aliphatic rings. The van der Waals surface area contributed by atoms with Crippen LogP contribution in [0.25, 0.3) is 0 Å². The number of nitrogen functional groups attached to an aromatic ring is 1. The lowest BCUT2D eigenvalue weighted by Crippen LogP contribution is -2.16. The molecular formula is C10H10F4N4S. The molecule has 0 amide bonds. The van der Waals surface area contributed by atoms with Crippen LogP contribution >= 0.6 is 11.3 Å². The molecule has 0 atom stereocenters. The fraction of sp³-hybridized carbons (Fsp3) is 0.400. The number of halogens is 4. The van der Waals surface area contributed by atoms with Gasteiger partial charge in [-0.25, -0.2) is 14.1 Å². The smallest absolute Gasteiger partial charge is 0.398 e. The van der Waals surface area contributed by atoms with Gasteiger partial charge in [0.2, 0.25) is 5.82 Å². The van der Waals surface area contributed by atoms with Crippen LogP contribution in [-0.2, 0) is 19.4 Å². The molecule has 2 aromatic rings. The third-order valence-corrected chi connectivity index (χ3v) is 3.45. The zero-order valence-corrected chi connectivity index (χ0v) is 10.6. The third-order valence-electron chi connectivity index (χ3n) is 2.40. The molecule has 0 radical (unpaired) electrons. The third kappa shape index (κ3) is 2.86. The number of anilines is 1. The fourth-order valence-electron chi connectivity index (χ4n) is 1.55. The van der Waals surface area contributed by atoms with Gasteiger partial charge in [-0.3, -0.25) is 0 Å². The highest BCUT2D eigenvalue weighted by molar-refractivity contribution is 7.12. The highest BCUT2D eigenvalue weighted by atomic mass is 32.1. The predicted molar refractivity (Wildman–Crippen MR) is 62.4 cm³/mol. The summed E-state index contributed by atoms with van der Waals surface area (Å²) in [5.74, 6) is -1.68. The maximum atomic E-state index is 12.7. The molecule has 0 unspecified atom stereocenters. The minimum atomic E-state index is -4.67. The number of nitrogens with two attached hydrogens (primary N) is 1. The molecule has 104 valence electrons. The average molecular weight is 294 g/mol. The maximum absolute atomic E-state index is 12.7. The Kier molecular flexibility index (Phi) is 3.48. The van der Waals surface area contributed by atoms with Crippen LogP contribution < -0.4 is 5.73 Å². The van der Waals surface area contributed by atoms with E-state index < -0.39 is 24.5 Å². The van der Waals surface area contributed by atoms with Gasteiger partial charge in [-0.15, -0.1) is 11.3 Å². The van der Waals surface area contributed by atoms with Crippen molar-refractivity contribution in [2.75, 3.05) is 5.73 Å². The van der Waals surface area contributed by atoms with Gasteiger partial charge in [-0.1, -0.05) is 0 Å². The van der Waals surface area contributed by atoms with Crippen molar-refractivity contribution in [3.05, 3.63) is 27.5 Å². The lowest BCUT2D eigenvalue weighted by atomic mass is 10.4. The van der Waals surface area contributed by atoms with Gasteiger partial charge in [-0.05, 0) is 13.0 Å². The lowest BCUT2D eigenvalue weighted by Gasteiger charge is -2.07. The number of aryl methyl sites for hydroxylation is 1. The standard InChI is InChI=1S/C10H10F4N4S/c1-5-7(15)2-6(19-5)4-18-9(10(12,13)14)16-8(3-11)17-18/h2H,3-4,15H2,1H3. The Hall–Kier alpha value is -1.64. The Morgan fingerprint density at radius 1 is 1.42 bits per heavy atom. The number of thiophene rings is 1. The molecule has 0 bridgehead atoms. The molecule has 2 heterocycles. The second-order valence-corrected chi connectivity index (χ2v) is 5.21. The van der Waals surface area contributed by atoms with E-state index in [9.17, 15) is 17.6 Å². The van der Waals surface area contributed by atoms with Crippen molar-refractivity contribution in [1.82, 2.24) is 14.8 Å². The average Bonchev–Trinajstić information content (AvgIpc) is 2.83. The second kappa shape index (κ2) is 4.80. The summed E-state index contributed by atoms with van der Waals surface area (Å²) in [5.41, 5.74) is 6.15. The van der Waals surface area contributed by atoms with Crippen LogP contribution in [0.2, 0.25) is 0 Å². The first-order chi connectivity index (χ1) is 8.81. The first-order valence-electron chi connectivity index (χ1n) is 5.23. The summed E-state index contributed by atoms with van der Waals surface area (Å²) in [4.78, 5) is 4.57. The Bertz CT molecular complexity index is 567. The molecule has 2 rings (SSSR count). The zero-order valence-electron chi connectivity index (χ0n) is 9.83. The SMILES string of the molecule is Cc1sc(Cn2nc(CF)nc2C(F)(F)F)cc1N. The number of hydrogen-bond acceptors (Lipinski definition) is 4. The van der Waals surface area contributed by atoms with Crippen molar-refractivity contribution in [3.8, 4) is 0 Å². The van der Waals surface area contributed by atoms with Gasteiger partial charge in [-0.2, -0.15) is 18.3 Å². The highest BCUT2D eigenvalue weighted by Crippen LogP contribution is 2.30. The minimum absolute atomic E-state index is 0.134. The number of hydrogen-bond donors (Lipinski definition) is 1. The van der Waals surface area contributed by atoms with Crippen LogP contribution in [0.3, 0.4) is 0 Å². The molecule has 4 nitrogen and oxygen atoms in total. The van der Waals surface area contributed by atoms with E-state index in [1.165, 1.54) is 11.3 Å². The summed E-state index contributed by atoms with van der Waals surface area (Å²) in [6, 6.07) is 1.58. The lowest BCUT2D eigenvalue weighted by molar-refractivity contribution is -0.147. The molecule has 9 heteroatoms. The second-order valence-electron chi connectivity index (χ2n) is 3.86. The number of rotatable bonds is 3. The van der Waals surface area contributed by atoms with Crippen LogP contribution in [0.4, 0.5) is 23.2 Å². The van der Waals surface area contributed by atoms with Crippen molar-refractivity contribution in [3.63, 3.8) is 0 Å². The number of alkyl halides is 4.